The van der Waals surface area contributed by atoms with E-state index in [4.69, 9.17) is 23.2 Å². The first-order valence-electron chi connectivity index (χ1n) is 5.71. The van der Waals surface area contributed by atoms with E-state index in [1.54, 1.807) is 60.3 Å². The third-order valence-electron chi connectivity index (χ3n) is 2.94. The number of halogens is 2. The van der Waals surface area contributed by atoms with E-state index in [1.165, 1.54) is 0 Å². The van der Waals surface area contributed by atoms with E-state index in [1.807, 2.05) is 0 Å². The molecule has 1 aromatic carbocycles. The van der Waals surface area contributed by atoms with Gasteiger partial charge in [-0.25, -0.2) is 0 Å². The molecule has 2 aromatic rings. The SMILES string of the molecule is Cn1cccc1C(=O)C(Cl)(Cl)C(O)c1ccccc1. The van der Waals surface area contributed by atoms with Crippen LogP contribution in [0.5, 0.6) is 0 Å². The summed E-state index contributed by atoms with van der Waals surface area (Å²) < 4.78 is -0.312. The smallest absolute Gasteiger partial charge is 0.218 e. The molecule has 1 N–H and O–H groups in total. The van der Waals surface area contributed by atoms with E-state index in [0.29, 0.717) is 11.3 Å². The molecule has 0 aliphatic heterocycles. The Morgan fingerprint density at radius 2 is 1.84 bits per heavy atom. The molecule has 1 heterocycles. The van der Waals surface area contributed by atoms with E-state index in [-0.39, 0.29) is 0 Å². The van der Waals surface area contributed by atoms with Gasteiger partial charge in [-0.15, -0.1) is 0 Å². The second-order valence-corrected chi connectivity index (χ2v) is 5.66. The molecule has 1 aromatic heterocycles. The number of hydrogen-bond acceptors (Lipinski definition) is 2. The van der Waals surface area contributed by atoms with E-state index in [0.717, 1.165) is 0 Å². The molecule has 0 aliphatic rings. The predicted molar refractivity (Wildman–Crippen MR) is 75.6 cm³/mol. The van der Waals surface area contributed by atoms with Gasteiger partial charge < -0.3 is 9.67 Å². The van der Waals surface area contributed by atoms with Crippen molar-refractivity contribution in [3.05, 3.63) is 59.9 Å². The molecule has 0 saturated heterocycles. The number of carbonyl (C=O) groups excluding carboxylic acids is 1. The van der Waals surface area contributed by atoms with Crippen molar-refractivity contribution >= 4 is 29.0 Å². The van der Waals surface area contributed by atoms with Gasteiger partial charge in [0.05, 0.1) is 5.69 Å². The summed E-state index contributed by atoms with van der Waals surface area (Å²) in [6, 6.07) is 12.0. The van der Waals surface area contributed by atoms with Crippen LogP contribution < -0.4 is 0 Å². The molecule has 0 bridgehead atoms. The highest BCUT2D eigenvalue weighted by atomic mass is 35.5. The first-order valence-corrected chi connectivity index (χ1v) is 6.47. The number of aliphatic hydroxyl groups is 1. The Morgan fingerprint density at radius 1 is 1.21 bits per heavy atom. The van der Waals surface area contributed by atoms with Crippen LogP contribution in [0.4, 0.5) is 0 Å². The van der Waals surface area contributed by atoms with Gasteiger partial charge in [0.15, 0.2) is 0 Å². The van der Waals surface area contributed by atoms with E-state index < -0.39 is 16.2 Å². The van der Waals surface area contributed by atoms with Crippen molar-refractivity contribution in [1.29, 1.82) is 0 Å². The van der Waals surface area contributed by atoms with Crippen LogP contribution >= 0.6 is 23.2 Å². The highest BCUT2D eigenvalue weighted by Crippen LogP contribution is 2.38. The van der Waals surface area contributed by atoms with E-state index >= 15 is 0 Å². The van der Waals surface area contributed by atoms with Crippen LogP contribution in [0, 0.1) is 0 Å². The summed E-state index contributed by atoms with van der Waals surface area (Å²) >= 11 is 12.2. The van der Waals surface area contributed by atoms with Gasteiger partial charge in [0.25, 0.3) is 0 Å². The average Bonchev–Trinajstić information content (AvgIpc) is 2.84. The van der Waals surface area contributed by atoms with Crippen LogP contribution in [0.25, 0.3) is 0 Å². The monoisotopic (exact) mass is 297 g/mol. The fraction of sp³-hybridized carbons (Fsp3) is 0.214. The largest absolute Gasteiger partial charge is 0.385 e. The number of alkyl halides is 2. The third kappa shape index (κ3) is 2.68. The topological polar surface area (TPSA) is 42.2 Å². The molecule has 0 spiro atoms. The number of aromatic nitrogens is 1. The third-order valence-corrected chi connectivity index (χ3v) is 3.69. The summed E-state index contributed by atoms with van der Waals surface area (Å²) in [5, 5.41) is 10.2. The standard InChI is InChI=1S/C14H13Cl2NO2/c1-17-9-5-8-11(17)13(19)14(15,16)12(18)10-6-3-2-4-7-10/h2-9,12,18H,1H3. The maximum atomic E-state index is 12.3. The van der Waals surface area contributed by atoms with E-state index in [9.17, 15) is 9.90 Å². The Bertz CT molecular complexity index is 578. The summed E-state index contributed by atoms with van der Waals surface area (Å²) in [5.41, 5.74) is 0.843. The Labute approximate surface area is 121 Å². The number of Topliss-reactive ketones (excluding diaryl/α,β-unsaturated/α-hetero) is 1. The molecule has 5 heteroatoms. The highest BCUT2D eigenvalue weighted by Gasteiger charge is 2.43. The zero-order valence-electron chi connectivity index (χ0n) is 10.3. The summed E-state index contributed by atoms with van der Waals surface area (Å²) in [7, 11) is 1.71. The molecule has 100 valence electrons. The first kappa shape index (κ1) is 14.1. The lowest BCUT2D eigenvalue weighted by Gasteiger charge is -2.24. The van der Waals surface area contributed by atoms with Gasteiger partial charge in [0.2, 0.25) is 10.1 Å². The number of hydrogen-bond donors (Lipinski definition) is 1. The van der Waals surface area contributed by atoms with Crippen molar-refractivity contribution in [2.75, 3.05) is 0 Å². The van der Waals surface area contributed by atoms with Crippen molar-refractivity contribution in [3.63, 3.8) is 0 Å². The lowest BCUT2D eigenvalue weighted by molar-refractivity contribution is 0.0842. The van der Waals surface area contributed by atoms with Crippen LogP contribution in [0.1, 0.15) is 22.2 Å². The van der Waals surface area contributed by atoms with Gasteiger partial charge in [-0.1, -0.05) is 53.5 Å². The summed E-state index contributed by atoms with van der Waals surface area (Å²) in [6.07, 6.45) is 0.422. The van der Waals surface area contributed by atoms with Crippen LogP contribution in [0.15, 0.2) is 48.7 Å². The lowest BCUT2D eigenvalue weighted by atomic mass is 10.0. The second kappa shape index (κ2) is 5.37. The molecule has 0 amide bonds. The minimum atomic E-state index is -1.92. The average molecular weight is 298 g/mol. The second-order valence-electron chi connectivity index (χ2n) is 4.27. The zero-order valence-corrected chi connectivity index (χ0v) is 11.8. The number of aliphatic hydroxyl groups excluding tert-OH is 1. The van der Waals surface area contributed by atoms with Gasteiger partial charge >= 0.3 is 0 Å². The minimum Gasteiger partial charge on any atom is -0.385 e. The van der Waals surface area contributed by atoms with Gasteiger partial charge in [0.1, 0.15) is 6.10 Å². The molecule has 0 aliphatic carbocycles. The number of rotatable bonds is 4. The number of benzene rings is 1. The quantitative estimate of drug-likeness (QED) is 0.696. The van der Waals surface area contributed by atoms with Crippen molar-refractivity contribution in [3.8, 4) is 0 Å². The maximum Gasteiger partial charge on any atom is 0.218 e. The molecule has 3 nitrogen and oxygen atoms in total. The first-order chi connectivity index (χ1) is 8.94. The van der Waals surface area contributed by atoms with Crippen molar-refractivity contribution in [2.45, 2.75) is 10.4 Å². The Kier molecular flexibility index (Phi) is 3.99. The van der Waals surface area contributed by atoms with Gasteiger partial charge in [0, 0.05) is 13.2 Å². The Balaban J connectivity index is 2.32. The zero-order chi connectivity index (χ0) is 14.0. The van der Waals surface area contributed by atoms with Crippen LogP contribution in [0.3, 0.4) is 0 Å². The predicted octanol–water partition coefficient (Wildman–Crippen LogP) is 3.12. The van der Waals surface area contributed by atoms with Crippen LogP contribution in [-0.2, 0) is 7.05 Å². The maximum absolute atomic E-state index is 12.3. The minimum absolute atomic E-state index is 0.347. The van der Waals surface area contributed by atoms with Crippen molar-refractivity contribution in [1.82, 2.24) is 4.57 Å². The number of aryl methyl sites for hydroxylation is 1. The van der Waals surface area contributed by atoms with Crippen LogP contribution in [-0.4, -0.2) is 19.8 Å². The van der Waals surface area contributed by atoms with Crippen molar-refractivity contribution in [2.24, 2.45) is 7.05 Å². The summed E-state index contributed by atoms with van der Waals surface area (Å²) in [5.74, 6) is -0.528. The molecular weight excluding hydrogens is 285 g/mol. The molecule has 0 radical (unpaired) electrons. The molecular formula is C14H13Cl2NO2. The van der Waals surface area contributed by atoms with Crippen LogP contribution in [0.2, 0.25) is 0 Å². The number of carbonyl (C=O) groups is 1. The Hall–Kier alpha value is -1.29. The van der Waals surface area contributed by atoms with Gasteiger partial charge in [-0.2, -0.15) is 0 Å². The fourth-order valence-corrected chi connectivity index (χ4v) is 2.28. The number of ketones is 1. The van der Waals surface area contributed by atoms with Gasteiger partial charge in [-0.3, -0.25) is 4.79 Å². The van der Waals surface area contributed by atoms with Gasteiger partial charge in [-0.05, 0) is 17.7 Å². The number of nitrogens with zero attached hydrogens (tertiary/aromatic N) is 1. The lowest BCUT2D eigenvalue weighted by Crippen LogP contribution is -2.34. The normalized spacial score (nSPS) is 13.3. The molecule has 0 saturated carbocycles. The summed E-state index contributed by atoms with van der Waals surface area (Å²) in [4.78, 5) is 12.3. The summed E-state index contributed by atoms with van der Waals surface area (Å²) in [6.45, 7) is 0. The molecule has 1 atom stereocenters. The molecule has 1 unspecified atom stereocenters. The Morgan fingerprint density at radius 3 is 2.37 bits per heavy atom. The molecule has 19 heavy (non-hydrogen) atoms. The molecule has 0 fully saturated rings. The molecule has 2 rings (SSSR count). The van der Waals surface area contributed by atoms with Crippen molar-refractivity contribution < 1.29 is 9.90 Å². The van der Waals surface area contributed by atoms with E-state index in [2.05, 4.69) is 0 Å². The fourth-order valence-electron chi connectivity index (χ4n) is 1.84. The highest BCUT2D eigenvalue weighted by molar-refractivity contribution is 6.60.